The molecule has 3 saturated heterocycles. The van der Waals surface area contributed by atoms with Crippen molar-refractivity contribution in [3.8, 4) is 5.75 Å². The van der Waals surface area contributed by atoms with Crippen LogP contribution in [0.25, 0.3) is 0 Å². The molecule has 3 amide bonds. The van der Waals surface area contributed by atoms with Gasteiger partial charge in [-0.15, -0.1) is 11.8 Å². The molecule has 3 aliphatic heterocycles. The molecule has 2 bridgehead atoms. The van der Waals surface area contributed by atoms with Crippen molar-refractivity contribution >= 4 is 35.2 Å². The Kier molecular flexibility index (Phi) is 8.33. The topological polar surface area (TPSA) is 108 Å². The standard InChI is InChI=1S/C31H47N3O5S/c1-9-20(17-35)34-24(26(37)33-29(6,7)18-28(3,4)5)31-16-15-30(8,40-31)22(23(31)27(34)38)25(36)32-19-11-13-21(14-12-19)39-10-2/h11-14,20,22-24,35H,9-10,15-18H2,1-8H3,(H,32,36)(H,33,37)/t20-,22+,23-,24?,30-,31?/m0/s1. The van der Waals surface area contributed by atoms with E-state index in [1.54, 1.807) is 28.8 Å². The molecule has 1 aromatic rings. The molecule has 3 N–H and O–H groups in total. The van der Waals surface area contributed by atoms with Gasteiger partial charge < -0.3 is 25.4 Å². The second-order valence-corrected chi connectivity index (χ2v) is 15.7. The van der Waals surface area contributed by atoms with Crippen LogP contribution in [0.2, 0.25) is 0 Å². The monoisotopic (exact) mass is 573 g/mol. The number of rotatable bonds is 10. The van der Waals surface area contributed by atoms with Crippen molar-refractivity contribution in [3.63, 3.8) is 0 Å². The first-order chi connectivity index (χ1) is 18.6. The second-order valence-electron chi connectivity index (χ2n) is 13.8. The number of aliphatic hydroxyl groups is 1. The predicted octanol–water partition coefficient (Wildman–Crippen LogP) is 4.61. The summed E-state index contributed by atoms with van der Waals surface area (Å²) in [5.41, 5.74) is 0.147. The maximum absolute atomic E-state index is 14.3. The van der Waals surface area contributed by atoms with Crippen LogP contribution in [0.3, 0.4) is 0 Å². The first-order valence-electron chi connectivity index (χ1n) is 14.6. The lowest BCUT2D eigenvalue weighted by Gasteiger charge is -2.40. The number of nitrogens with one attached hydrogen (secondary N) is 2. The van der Waals surface area contributed by atoms with Gasteiger partial charge in [-0.05, 0) is 83.1 Å². The maximum Gasteiger partial charge on any atom is 0.244 e. The molecule has 6 atom stereocenters. The average molecular weight is 574 g/mol. The van der Waals surface area contributed by atoms with Gasteiger partial charge in [0.2, 0.25) is 17.7 Å². The highest BCUT2D eigenvalue weighted by Gasteiger charge is 2.77. The third-order valence-corrected chi connectivity index (χ3v) is 10.7. The molecule has 8 nitrogen and oxygen atoms in total. The highest BCUT2D eigenvalue weighted by atomic mass is 32.2. The van der Waals surface area contributed by atoms with Gasteiger partial charge in [0.05, 0.1) is 35.8 Å². The van der Waals surface area contributed by atoms with Gasteiger partial charge in [0.1, 0.15) is 11.8 Å². The van der Waals surface area contributed by atoms with Crippen molar-refractivity contribution in [1.82, 2.24) is 10.2 Å². The first-order valence-corrected chi connectivity index (χ1v) is 15.4. The number of carbonyl (C=O) groups is 3. The molecule has 222 valence electrons. The molecule has 0 aromatic heterocycles. The Morgan fingerprint density at radius 3 is 2.33 bits per heavy atom. The van der Waals surface area contributed by atoms with Crippen molar-refractivity contribution in [2.75, 3.05) is 18.5 Å². The Morgan fingerprint density at radius 1 is 1.12 bits per heavy atom. The number of amides is 3. The largest absolute Gasteiger partial charge is 0.494 e. The van der Waals surface area contributed by atoms with Crippen molar-refractivity contribution in [3.05, 3.63) is 24.3 Å². The molecule has 0 saturated carbocycles. The molecule has 0 aliphatic carbocycles. The summed E-state index contributed by atoms with van der Waals surface area (Å²) in [6.07, 6.45) is 2.69. The van der Waals surface area contributed by atoms with E-state index in [2.05, 4.69) is 38.3 Å². The number of ether oxygens (including phenoxy) is 1. The SMILES string of the molecule is CCOc1ccc(NC(=O)[C@H]2[C@H]3C(=O)N([C@@H](CC)CO)C(C(=O)NC(C)(C)CC(C)(C)C)C34CC[C@]2(C)S4)cc1. The Balaban J connectivity index is 1.68. The smallest absolute Gasteiger partial charge is 0.244 e. The molecule has 40 heavy (non-hydrogen) atoms. The van der Waals surface area contributed by atoms with Crippen LogP contribution in [0.1, 0.15) is 81.1 Å². The van der Waals surface area contributed by atoms with E-state index in [0.29, 0.717) is 25.1 Å². The van der Waals surface area contributed by atoms with Crippen molar-refractivity contribution in [2.45, 2.75) is 108 Å². The number of likely N-dealkylation sites (tertiary alicyclic amines) is 1. The van der Waals surface area contributed by atoms with Gasteiger partial charge in [-0.25, -0.2) is 0 Å². The summed E-state index contributed by atoms with van der Waals surface area (Å²) in [6, 6.07) is 5.99. The number of aliphatic hydroxyl groups excluding tert-OH is 1. The average Bonchev–Trinajstić information content (AvgIpc) is 3.40. The fourth-order valence-electron chi connectivity index (χ4n) is 7.66. The predicted molar refractivity (Wildman–Crippen MR) is 159 cm³/mol. The van der Waals surface area contributed by atoms with Crippen LogP contribution in [0, 0.1) is 17.3 Å². The van der Waals surface area contributed by atoms with Crippen LogP contribution in [-0.4, -0.2) is 68.1 Å². The Labute approximate surface area is 243 Å². The Hall–Kier alpha value is -2.26. The molecule has 0 radical (unpaired) electrons. The fourth-order valence-corrected chi connectivity index (χ4v) is 10.0. The Morgan fingerprint density at radius 2 is 1.77 bits per heavy atom. The van der Waals surface area contributed by atoms with Crippen molar-refractivity contribution in [2.24, 2.45) is 17.3 Å². The minimum Gasteiger partial charge on any atom is -0.494 e. The number of benzene rings is 1. The number of hydrogen-bond acceptors (Lipinski definition) is 6. The highest BCUT2D eigenvalue weighted by molar-refractivity contribution is 8.02. The lowest BCUT2D eigenvalue weighted by molar-refractivity contribution is -0.143. The summed E-state index contributed by atoms with van der Waals surface area (Å²) in [5, 5.41) is 16.6. The summed E-state index contributed by atoms with van der Waals surface area (Å²) in [6.45, 7) is 16.7. The van der Waals surface area contributed by atoms with Crippen LogP contribution in [0.15, 0.2) is 24.3 Å². The normalized spacial score (nSPS) is 30.3. The van der Waals surface area contributed by atoms with Gasteiger partial charge in [0, 0.05) is 16.0 Å². The van der Waals surface area contributed by atoms with Crippen molar-refractivity contribution in [1.29, 1.82) is 0 Å². The summed E-state index contributed by atoms with van der Waals surface area (Å²) in [4.78, 5) is 44.0. The number of fused-ring (bicyclic) bond motifs is 1. The number of hydrogen-bond donors (Lipinski definition) is 3. The molecular weight excluding hydrogens is 526 g/mol. The van der Waals surface area contributed by atoms with E-state index in [1.807, 2.05) is 39.8 Å². The van der Waals surface area contributed by atoms with Gasteiger partial charge in [0.25, 0.3) is 0 Å². The number of nitrogens with zero attached hydrogens (tertiary/aromatic N) is 1. The van der Waals surface area contributed by atoms with Gasteiger partial charge in [-0.2, -0.15) is 0 Å². The zero-order valence-corrected chi connectivity index (χ0v) is 26.1. The van der Waals surface area contributed by atoms with E-state index in [4.69, 9.17) is 4.74 Å². The van der Waals surface area contributed by atoms with Crippen LogP contribution in [0.5, 0.6) is 5.75 Å². The summed E-state index contributed by atoms with van der Waals surface area (Å²) in [5.74, 6) is -1.10. The minimum absolute atomic E-state index is 0.00206. The number of carbonyl (C=O) groups excluding carboxylic acids is 3. The molecule has 9 heteroatoms. The van der Waals surface area contributed by atoms with E-state index in [-0.39, 0.29) is 29.7 Å². The molecule has 4 rings (SSSR count). The molecule has 3 heterocycles. The van der Waals surface area contributed by atoms with Crippen LogP contribution < -0.4 is 15.4 Å². The van der Waals surface area contributed by atoms with Gasteiger partial charge in [-0.1, -0.05) is 27.7 Å². The van der Waals surface area contributed by atoms with Gasteiger partial charge in [0.15, 0.2) is 0 Å². The summed E-state index contributed by atoms with van der Waals surface area (Å²) < 4.78 is 4.32. The van der Waals surface area contributed by atoms with Gasteiger partial charge >= 0.3 is 0 Å². The van der Waals surface area contributed by atoms with E-state index in [1.165, 1.54) is 0 Å². The number of thioether (sulfide) groups is 1. The lowest BCUT2D eigenvalue weighted by atomic mass is 9.66. The van der Waals surface area contributed by atoms with E-state index in [9.17, 15) is 19.5 Å². The maximum atomic E-state index is 14.3. The minimum atomic E-state index is -0.753. The van der Waals surface area contributed by atoms with Crippen LogP contribution >= 0.6 is 11.8 Å². The third kappa shape index (κ3) is 5.48. The Bertz CT molecular complexity index is 1130. The van der Waals surface area contributed by atoms with Crippen LogP contribution in [0.4, 0.5) is 5.69 Å². The molecule has 2 unspecified atom stereocenters. The fraction of sp³-hybridized carbons (Fsp3) is 0.710. The molecule has 1 spiro atoms. The van der Waals surface area contributed by atoms with Gasteiger partial charge in [-0.3, -0.25) is 14.4 Å². The third-order valence-electron chi connectivity index (χ3n) is 8.69. The van der Waals surface area contributed by atoms with E-state index >= 15 is 0 Å². The second kappa shape index (κ2) is 10.9. The quantitative estimate of drug-likeness (QED) is 0.377. The summed E-state index contributed by atoms with van der Waals surface area (Å²) in [7, 11) is 0. The lowest BCUT2D eigenvalue weighted by Crippen LogP contribution is -2.60. The van der Waals surface area contributed by atoms with Crippen molar-refractivity contribution < 1.29 is 24.2 Å². The molecule has 3 aliphatic rings. The molecular formula is C31H47N3O5S. The summed E-state index contributed by atoms with van der Waals surface area (Å²) >= 11 is 1.64. The molecule has 3 fully saturated rings. The van der Waals surface area contributed by atoms with E-state index < -0.39 is 39.0 Å². The highest BCUT2D eigenvalue weighted by Crippen LogP contribution is 2.71. The molecule has 1 aromatic carbocycles. The zero-order valence-electron chi connectivity index (χ0n) is 25.3. The van der Waals surface area contributed by atoms with Crippen LogP contribution in [-0.2, 0) is 14.4 Å². The zero-order chi connectivity index (χ0) is 29.7. The number of anilines is 1. The first kappa shape index (κ1) is 30.7. The van der Waals surface area contributed by atoms with E-state index in [0.717, 1.165) is 18.6 Å².